The minimum absolute atomic E-state index is 0.0995. The lowest BCUT2D eigenvalue weighted by molar-refractivity contribution is 0.00267. The van der Waals surface area contributed by atoms with Crippen LogP contribution in [0.15, 0.2) is 48.5 Å². The standard InChI is InChI=1S/C16H18O4/c1-18-15-9-5-8-14(10-17)16(15)20-12-19-11-13-6-3-2-4-7-13/h2-9,17H,10-12H2,1H3. The highest BCUT2D eigenvalue weighted by molar-refractivity contribution is 5.46. The average molecular weight is 274 g/mol. The third kappa shape index (κ3) is 3.73. The van der Waals surface area contributed by atoms with Gasteiger partial charge in [0.15, 0.2) is 18.3 Å². The van der Waals surface area contributed by atoms with Crippen molar-refractivity contribution in [3.8, 4) is 11.5 Å². The zero-order valence-electron chi connectivity index (χ0n) is 11.4. The molecule has 0 radical (unpaired) electrons. The third-order valence-corrected chi connectivity index (χ3v) is 2.85. The molecule has 0 aromatic heterocycles. The Morgan fingerprint density at radius 3 is 2.50 bits per heavy atom. The van der Waals surface area contributed by atoms with Gasteiger partial charge in [0.05, 0.1) is 20.3 Å². The van der Waals surface area contributed by atoms with Crippen LogP contribution in [0.25, 0.3) is 0 Å². The summed E-state index contributed by atoms with van der Waals surface area (Å²) in [6, 6.07) is 15.2. The van der Waals surface area contributed by atoms with E-state index in [4.69, 9.17) is 14.2 Å². The predicted molar refractivity (Wildman–Crippen MR) is 75.6 cm³/mol. The zero-order valence-corrected chi connectivity index (χ0v) is 11.4. The summed E-state index contributed by atoms with van der Waals surface area (Å²) in [5.74, 6) is 1.10. The van der Waals surface area contributed by atoms with Crippen LogP contribution in [0.2, 0.25) is 0 Å². The maximum Gasteiger partial charge on any atom is 0.189 e. The molecule has 2 aromatic carbocycles. The van der Waals surface area contributed by atoms with Crippen LogP contribution in [0.1, 0.15) is 11.1 Å². The lowest BCUT2D eigenvalue weighted by Crippen LogP contribution is -2.06. The molecule has 0 fully saturated rings. The number of para-hydroxylation sites is 1. The minimum atomic E-state index is -0.106. The van der Waals surface area contributed by atoms with E-state index in [9.17, 15) is 5.11 Å². The predicted octanol–water partition coefficient (Wildman–Crippen LogP) is 2.74. The molecule has 106 valence electrons. The SMILES string of the molecule is COc1cccc(CO)c1OCOCc1ccccc1. The molecule has 2 aromatic rings. The number of ether oxygens (including phenoxy) is 3. The van der Waals surface area contributed by atoms with Gasteiger partial charge in [-0.2, -0.15) is 0 Å². The van der Waals surface area contributed by atoms with Crippen LogP contribution in [0, 0.1) is 0 Å². The molecule has 0 spiro atoms. The van der Waals surface area contributed by atoms with Crippen LogP contribution in [0.3, 0.4) is 0 Å². The number of hydrogen-bond acceptors (Lipinski definition) is 4. The molecule has 0 aliphatic carbocycles. The summed E-state index contributed by atoms with van der Waals surface area (Å²) in [7, 11) is 1.56. The maximum atomic E-state index is 9.30. The van der Waals surface area contributed by atoms with Crippen LogP contribution in [-0.4, -0.2) is 19.0 Å². The molecular formula is C16H18O4. The Kier molecular flexibility index (Phi) is 5.41. The molecule has 20 heavy (non-hydrogen) atoms. The molecule has 0 aliphatic rings. The van der Waals surface area contributed by atoms with E-state index in [0.717, 1.165) is 5.56 Å². The quantitative estimate of drug-likeness (QED) is 0.623. The fourth-order valence-corrected chi connectivity index (χ4v) is 1.84. The molecule has 1 N–H and O–H groups in total. The first-order valence-corrected chi connectivity index (χ1v) is 6.36. The Bertz CT molecular complexity index is 503. The Morgan fingerprint density at radius 2 is 1.80 bits per heavy atom. The number of rotatable bonds is 7. The largest absolute Gasteiger partial charge is 0.493 e. The lowest BCUT2D eigenvalue weighted by atomic mass is 10.2. The maximum absolute atomic E-state index is 9.30. The smallest absolute Gasteiger partial charge is 0.189 e. The van der Waals surface area contributed by atoms with Crippen molar-refractivity contribution in [2.24, 2.45) is 0 Å². The van der Waals surface area contributed by atoms with E-state index < -0.39 is 0 Å². The highest BCUT2D eigenvalue weighted by atomic mass is 16.7. The van der Waals surface area contributed by atoms with E-state index in [1.165, 1.54) is 0 Å². The van der Waals surface area contributed by atoms with Crippen molar-refractivity contribution in [1.82, 2.24) is 0 Å². The first-order chi connectivity index (χ1) is 9.85. The lowest BCUT2D eigenvalue weighted by Gasteiger charge is -2.14. The van der Waals surface area contributed by atoms with Gasteiger partial charge in [-0.1, -0.05) is 42.5 Å². The molecule has 2 rings (SSSR count). The monoisotopic (exact) mass is 274 g/mol. The van der Waals surface area contributed by atoms with Gasteiger partial charge in [-0.05, 0) is 11.6 Å². The van der Waals surface area contributed by atoms with Crippen LogP contribution in [0.5, 0.6) is 11.5 Å². The van der Waals surface area contributed by atoms with E-state index in [2.05, 4.69) is 0 Å². The highest BCUT2D eigenvalue weighted by Crippen LogP contribution is 2.31. The summed E-state index contributed by atoms with van der Waals surface area (Å²) in [6.45, 7) is 0.470. The van der Waals surface area contributed by atoms with Gasteiger partial charge in [0, 0.05) is 5.56 Å². The molecule has 0 aliphatic heterocycles. The van der Waals surface area contributed by atoms with Crippen LogP contribution < -0.4 is 9.47 Å². The van der Waals surface area contributed by atoms with Crippen LogP contribution in [0.4, 0.5) is 0 Å². The van der Waals surface area contributed by atoms with Gasteiger partial charge in [-0.15, -0.1) is 0 Å². The normalized spacial score (nSPS) is 10.3. The van der Waals surface area contributed by atoms with E-state index >= 15 is 0 Å². The first kappa shape index (κ1) is 14.4. The summed E-state index contributed by atoms with van der Waals surface area (Å²) in [5, 5.41) is 9.30. The number of hydrogen-bond donors (Lipinski definition) is 1. The van der Waals surface area contributed by atoms with Gasteiger partial charge in [0.2, 0.25) is 0 Å². The first-order valence-electron chi connectivity index (χ1n) is 6.36. The van der Waals surface area contributed by atoms with Gasteiger partial charge in [0.1, 0.15) is 0 Å². The fraction of sp³-hybridized carbons (Fsp3) is 0.250. The Morgan fingerprint density at radius 1 is 1.00 bits per heavy atom. The number of methoxy groups -OCH3 is 1. The molecule has 0 atom stereocenters. The summed E-state index contributed by atoms with van der Waals surface area (Å²) < 4.78 is 16.2. The third-order valence-electron chi connectivity index (χ3n) is 2.85. The van der Waals surface area contributed by atoms with Gasteiger partial charge in [-0.3, -0.25) is 0 Å². The zero-order chi connectivity index (χ0) is 14.2. The molecule has 4 heteroatoms. The highest BCUT2D eigenvalue weighted by Gasteiger charge is 2.09. The molecule has 0 heterocycles. The molecular weight excluding hydrogens is 256 g/mol. The van der Waals surface area contributed by atoms with Gasteiger partial charge >= 0.3 is 0 Å². The summed E-state index contributed by atoms with van der Waals surface area (Å²) in [4.78, 5) is 0. The van der Waals surface area contributed by atoms with Crippen LogP contribution in [-0.2, 0) is 18.0 Å². The number of aliphatic hydroxyl groups is 1. The fourth-order valence-electron chi connectivity index (χ4n) is 1.84. The Labute approximate surface area is 118 Å². The summed E-state index contributed by atoms with van der Waals surface area (Å²) in [6.07, 6.45) is 0. The molecule has 0 amide bonds. The van der Waals surface area contributed by atoms with E-state index in [-0.39, 0.29) is 13.4 Å². The second-order valence-electron chi connectivity index (χ2n) is 4.20. The second kappa shape index (κ2) is 7.53. The number of benzene rings is 2. The van der Waals surface area contributed by atoms with Crippen molar-refractivity contribution in [2.75, 3.05) is 13.9 Å². The van der Waals surface area contributed by atoms with Crippen molar-refractivity contribution >= 4 is 0 Å². The van der Waals surface area contributed by atoms with Crippen molar-refractivity contribution < 1.29 is 19.3 Å². The Balaban J connectivity index is 1.90. The topological polar surface area (TPSA) is 47.9 Å². The summed E-state index contributed by atoms with van der Waals surface area (Å²) >= 11 is 0. The molecule has 0 saturated carbocycles. The number of aliphatic hydroxyl groups excluding tert-OH is 1. The molecule has 4 nitrogen and oxygen atoms in total. The summed E-state index contributed by atoms with van der Waals surface area (Å²) in [5.41, 5.74) is 1.76. The van der Waals surface area contributed by atoms with Crippen molar-refractivity contribution in [1.29, 1.82) is 0 Å². The molecule has 0 saturated heterocycles. The minimum Gasteiger partial charge on any atom is -0.493 e. The van der Waals surface area contributed by atoms with E-state index in [1.54, 1.807) is 19.2 Å². The van der Waals surface area contributed by atoms with E-state index in [0.29, 0.717) is 23.7 Å². The molecule has 0 unspecified atom stereocenters. The van der Waals surface area contributed by atoms with Crippen molar-refractivity contribution in [2.45, 2.75) is 13.2 Å². The Hall–Kier alpha value is -2.04. The van der Waals surface area contributed by atoms with Gasteiger partial charge in [-0.25, -0.2) is 0 Å². The van der Waals surface area contributed by atoms with Gasteiger partial charge < -0.3 is 19.3 Å². The second-order valence-corrected chi connectivity index (χ2v) is 4.20. The van der Waals surface area contributed by atoms with Gasteiger partial charge in [0.25, 0.3) is 0 Å². The van der Waals surface area contributed by atoms with Crippen molar-refractivity contribution in [3.63, 3.8) is 0 Å². The van der Waals surface area contributed by atoms with Crippen molar-refractivity contribution in [3.05, 3.63) is 59.7 Å². The van der Waals surface area contributed by atoms with E-state index in [1.807, 2.05) is 36.4 Å². The molecule has 0 bridgehead atoms. The average Bonchev–Trinajstić information content (AvgIpc) is 2.52. The van der Waals surface area contributed by atoms with Crippen LogP contribution >= 0.6 is 0 Å².